The summed E-state index contributed by atoms with van der Waals surface area (Å²) in [6, 6.07) is 10.9. The van der Waals surface area contributed by atoms with E-state index in [1.807, 2.05) is 30.3 Å². The highest BCUT2D eigenvalue weighted by Crippen LogP contribution is 2.13. The number of aromatic nitrogens is 1. The van der Waals surface area contributed by atoms with Crippen LogP contribution in [0.25, 0.3) is 10.9 Å². The van der Waals surface area contributed by atoms with Crippen LogP contribution in [0.2, 0.25) is 0 Å². The van der Waals surface area contributed by atoms with Gasteiger partial charge in [-0.1, -0.05) is 24.3 Å². The molecule has 0 amide bonds. The Morgan fingerprint density at radius 3 is 2.61 bits per heavy atom. The van der Waals surface area contributed by atoms with Crippen LogP contribution in [0.3, 0.4) is 0 Å². The Morgan fingerprint density at radius 1 is 1.17 bits per heavy atom. The van der Waals surface area contributed by atoms with Gasteiger partial charge in [0.1, 0.15) is 15.5 Å². The third-order valence-electron chi connectivity index (χ3n) is 2.58. The van der Waals surface area contributed by atoms with E-state index in [1.165, 1.54) is 0 Å². The zero-order valence-electron chi connectivity index (χ0n) is 9.96. The number of fused-ring (bicyclic) bond motifs is 1. The lowest BCUT2D eigenvalue weighted by Crippen LogP contribution is -2.10. The first-order valence-electron chi connectivity index (χ1n) is 5.52. The van der Waals surface area contributed by atoms with Crippen molar-refractivity contribution < 1.29 is 13.2 Å². The number of carbonyl (C=O) groups excluding carboxylic acids is 1. The van der Waals surface area contributed by atoms with Crippen LogP contribution >= 0.6 is 0 Å². The number of Topliss-reactive ketones (excluding diaryl/α,β-unsaturated/α-hetero) is 1. The zero-order chi connectivity index (χ0) is 13.2. The van der Waals surface area contributed by atoms with Gasteiger partial charge in [-0.3, -0.25) is 4.79 Å². The van der Waals surface area contributed by atoms with Crippen LogP contribution in [0.1, 0.15) is 16.9 Å². The van der Waals surface area contributed by atoms with Crippen molar-refractivity contribution in [3.05, 3.63) is 42.1 Å². The Labute approximate surface area is 106 Å². The standard InChI is InChI=1S/C13H13NO3S/c1-18(16,17)9-8-13(15)12-7-6-10-4-2-3-5-11(10)14-12/h2-7H,8-9H2,1H3. The van der Waals surface area contributed by atoms with Crippen LogP contribution in [0.5, 0.6) is 0 Å². The van der Waals surface area contributed by atoms with Crippen LogP contribution in [0, 0.1) is 0 Å². The normalized spacial score (nSPS) is 11.6. The molecule has 0 atom stereocenters. The highest BCUT2D eigenvalue weighted by Gasteiger charge is 2.11. The first-order chi connectivity index (χ1) is 8.46. The first-order valence-corrected chi connectivity index (χ1v) is 7.58. The molecule has 2 aromatic rings. The molecule has 0 aliphatic carbocycles. The summed E-state index contributed by atoms with van der Waals surface area (Å²) in [6.45, 7) is 0. The van der Waals surface area contributed by atoms with E-state index in [2.05, 4.69) is 4.98 Å². The van der Waals surface area contributed by atoms with Crippen LogP contribution in [0.4, 0.5) is 0 Å². The molecule has 4 nitrogen and oxygen atoms in total. The van der Waals surface area contributed by atoms with E-state index in [9.17, 15) is 13.2 Å². The number of para-hydroxylation sites is 1. The Kier molecular flexibility index (Phi) is 3.43. The molecule has 0 aliphatic heterocycles. The molecule has 1 aromatic heterocycles. The molecular weight excluding hydrogens is 250 g/mol. The van der Waals surface area contributed by atoms with E-state index >= 15 is 0 Å². The average Bonchev–Trinajstić information content (AvgIpc) is 2.34. The monoisotopic (exact) mass is 263 g/mol. The van der Waals surface area contributed by atoms with Crippen molar-refractivity contribution in [1.82, 2.24) is 4.98 Å². The number of benzene rings is 1. The molecule has 0 saturated carbocycles. The lowest BCUT2D eigenvalue weighted by molar-refractivity contribution is 0.0984. The predicted molar refractivity (Wildman–Crippen MR) is 70.4 cm³/mol. The van der Waals surface area contributed by atoms with Crippen molar-refractivity contribution in [3.63, 3.8) is 0 Å². The molecule has 1 aromatic carbocycles. The SMILES string of the molecule is CS(=O)(=O)CCC(=O)c1ccc2ccccc2n1. The van der Waals surface area contributed by atoms with Crippen molar-refractivity contribution in [2.24, 2.45) is 0 Å². The Morgan fingerprint density at radius 2 is 1.89 bits per heavy atom. The molecule has 18 heavy (non-hydrogen) atoms. The second kappa shape index (κ2) is 4.86. The predicted octanol–water partition coefficient (Wildman–Crippen LogP) is 1.85. The van der Waals surface area contributed by atoms with E-state index in [-0.39, 0.29) is 18.0 Å². The van der Waals surface area contributed by atoms with Gasteiger partial charge < -0.3 is 0 Å². The molecule has 0 radical (unpaired) electrons. The van der Waals surface area contributed by atoms with Gasteiger partial charge in [-0.2, -0.15) is 0 Å². The molecule has 5 heteroatoms. The summed E-state index contributed by atoms with van der Waals surface area (Å²) >= 11 is 0. The van der Waals surface area contributed by atoms with Crippen LogP contribution in [-0.4, -0.2) is 31.2 Å². The van der Waals surface area contributed by atoms with Gasteiger partial charge in [0.05, 0.1) is 11.3 Å². The fourth-order valence-corrected chi connectivity index (χ4v) is 2.18. The second-order valence-corrected chi connectivity index (χ2v) is 6.45. The van der Waals surface area contributed by atoms with E-state index in [1.54, 1.807) is 6.07 Å². The molecule has 0 N–H and O–H groups in total. The van der Waals surface area contributed by atoms with Crippen molar-refractivity contribution in [3.8, 4) is 0 Å². The molecule has 0 aliphatic rings. The van der Waals surface area contributed by atoms with Crippen LogP contribution < -0.4 is 0 Å². The van der Waals surface area contributed by atoms with Crippen molar-refractivity contribution in [1.29, 1.82) is 0 Å². The number of rotatable bonds is 4. The maximum atomic E-state index is 11.8. The average molecular weight is 263 g/mol. The lowest BCUT2D eigenvalue weighted by Gasteiger charge is -2.02. The van der Waals surface area contributed by atoms with Crippen molar-refractivity contribution in [2.45, 2.75) is 6.42 Å². The molecule has 0 unspecified atom stereocenters. The van der Waals surface area contributed by atoms with Gasteiger partial charge in [0.2, 0.25) is 0 Å². The molecule has 0 bridgehead atoms. The molecule has 0 saturated heterocycles. The number of ketones is 1. The summed E-state index contributed by atoms with van der Waals surface area (Å²) in [5.41, 5.74) is 1.06. The number of pyridine rings is 1. The Hall–Kier alpha value is -1.75. The Bertz CT molecular complexity index is 692. The Balaban J connectivity index is 2.23. The highest BCUT2D eigenvalue weighted by molar-refractivity contribution is 7.90. The minimum absolute atomic E-state index is 0.0236. The minimum atomic E-state index is -3.12. The summed E-state index contributed by atoms with van der Waals surface area (Å²) in [5.74, 6) is -0.383. The van der Waals surface area contributed by atoms with Crippen LogP contribution in [0.15, 0.2) is 36.4 Å². The minimum Gasteiger partial charge on any atom is -0.292 e. The largest absolute Gasteiger partial charge is 0.292 e. The fourth-order valence-electron chi connectivity index (χ4n) is 1.63. The number of carbonyl (C=O) groups is 1. The second-order valence-electron chi connectivity index (χ2n) is 4.19. The fraction of sp³-hybridized carbons (Fsp3) is 0.231. The van der Waals surface area contributed by atoms with E-state index in [0.29, 0.717) is 5.69 Å². The van der Waals surface area contributed by atoms with Crippen molar-refractivity contribution >= 4 is 26.5 Å². The van der Waals surface area contributed by atoms with Crippen LogP contribution in [-0.2, 0) is 9.84 Å². The molecule has 2 rings (SSSR count). The maximum absolute atomic E-state index is 11.8. The third-order valence-corrected chi connectivity index (χ3v) is 3.53. The smallest absolute Gasteiger partial charge is 0.182 e. The summed E-state index contributed by atoms with van der Waals surface area (Å²) in [6.07, 6.45) is 1.10. The van der Waals surface area contributed by atoms with Gasteiger partial charge >= 0.3 is 0 Å². The summed E-state index contributed by atoms with van der Waals surface area (Å²) in [5, 5.41) is 0.956. The third kappa shape index (κ3) is 3.13. The van der Waals surface area contributed by atoms with Gasteiger partial charge in [0.15, 0.2) is 5.78 Å². The quantitative estimate of drug-likeness (QED) is 0.790. The summed E-state index contributed by atoms with van der Waals surface area (Å²) in [7, 11) is -3.12. The maximum Gasteiger partial charge on any atom is 0.182 e. The molecule has 1 heterocycles. The summed E-state index contributed by atoms with van der Waals surface area (Å²) < 4.78 is 22.0. The number of sulfone groups is 1. The van der Waals surface area contributed by atoms with Gasteiger partial charge in [0, 0.05) is 18.1 Å². The summed E-state index contributed by atoms with van der Waals surface area (Å²) in [4.78, 5) is 16.0. The molecular formula is C13H13NO3S. The van der Waals surface area contributed by atoms with Crippen molar-refractivity contribution in [2.75, 3.05) is 12.0 Å². The molecule has 94 valence electrons. The zero-order valence-corrected chi connectivity index (χ0v) is 10.8. The van der Waals surface area contributed by atoms with Gasteiger partial charge in [-0.25, -0.2) is 13.4 Å². The number of hydrogen-bond donors (Lipinski definition) is 0. The van der Waals surface area contributed by atoms with E-state index in [4.69, 9.17) is 0 Å². The first kappa shape index (κ1) is 12.7. The molecule has 0 fully saturated rings. The van der Waals surface area contributed by atoms with Gasteiger partial charge in [-0.15, -0.1) is 0 Å². The van der Waals surface area contributed by atoms with Gasteiger partial charge in [0.25, 0.3) is 0 Å². The van der Waals surface area contributed by atoms with Gasteiger partial charge in [-0.05, 0) is 12.1 Å². The van der Waals surface area contributed by atoms with E-state index < -0.39 is 9.84 Å². The topological polar surface area (TPSA) is 64.1 Å². The number of nitrogens with zero attached hydrogens (tertiary/aromatic N) is 1. The highest BCUT2D eigenvalue weighted by atomic mass is 32.2. The lowest BCUT2D eigenvalue weighted by atomic mass is 10.1. The molecule has 0 spiro atoms. The number of hydrogen-bond acceptors (Lipinski definition) is 4. The van der Waals surface area contributed by atoms with E-state index in [0.717, 1.165) is 17.2 Å².